The molecule has 3 N–H and O–H groups in total. The largest absolute Gasteiger partial charge is 0.383 e. The third kappa shape index (κ3) is 5.78. The molecule has 1 saturated heterocycles. The van der Waals surface area contributed by atoms with Gasteiger partial charge >= 0.3 is 0 Å². The number of likely N-dealkylation sites (tertiary alicyclic amines) is 1. The van der Waals surface area contributed by atoms with Gasteiger partial charge in [-0.15, -0.1) is 0 Å². The van der Waals surface area contributed by atoms with Gasteiger partial charge in [-0.2, -0.15) is 5.10 Å². The molecule has 0 aromatic carbocycles. The average Bonchev–Trinajstić information content (AvgIpc) is 3.24. The predicted molar refractivity (Wildman–Crippen MR) is 136 cm³/mol. The summed E-state index contributed by atoms with van der Waals surface area (Å²) in [6.07, 6.45) is 9.08. The first-order chi connectivity index (χ1) is 16.8. The van der Waals surface area contributed by atoms with E-state index < -0.39 is 5.92 Å². The summed E-state index contributed by atoms with van der Waals surface area (Å²) < 4.78 is 30.7. The third-order valence-electron chi connectivity index (χ3n) is 6.73. The van der Waals surface area contributed by atoms with Crippen LogP contribution in [0, 0.1) is 0 Å². The molecule has 4 heterocycles. The van der Waals surface area contributed by atoms with Crippen LogP contribution in [0.4, 0.5) is 20.4 Å². The molecule has 1 fully saturated rings. The summed E-state index contributed by atoms with van der Waals surface area (Å²) in [5, 5.41) is 7.87. The van der Waals surface area contributed by atoms with E-state index in [9.17, 15) is 8.78 Å². The molecule has 3 aromatic heterocycles. The highest BCUT2D eigenvalue weighted by Crippen LogP contribution is 2.37. The van der Waals surface area contributed by atoms with Crippen molar-refractivity contribution in [2.45, 2.75) is 70.8 Å². The van der Waals surface area contributed by atoms with E-state index in [2.05, 4.69) is 38.8 Å². The maximum atomic E-state index is 14.5. The van der Waals surface area contributed by atoms with Gasteiger partial charge in [0.25, 0.3) is 5.92 Å². The number of nitrogen functional groups attached to an aromatic ring is 1. The molecule has 1 unspecified atom stereocenters. The van der Waals surface area contributed by atoms with Crippen molar-refractivity contribution in [2.24, 2.45) is 0 Å². The van der Waals surface area contributed by atoms with Crippen LogP contribution in [0.3, 0.4) is 0 Å². The topological polar surface area (TPSA) is 84.4 Å². The van der Waals surface area contributed by atoms with E-state index in [4.69, 9.17) is 5.73 Å². The first-order valence-corrected chi connectivity index (χ1v) is 12.5. The van der Waals surface area contributed by atoms with Crippen molar-refractivity contribution in [3.8, 4) is 11.3 Å². The lowest BCUT2D eigenvalue weighted by atomic mass is 9.97. The standard InChI is InChI=1S/C26H35F2N7/c1-4-13-26(27,28)21-15-19(16-30-25(21)29)22-11-12-24-32-23(17-35(24)33-22)31-18(3)9-10-20-8-6-7-14-34(20)5-2/h11-12,15-17,20,31H,3-10,13-14H2,1-2H3,(H2,29,30). The zero-order valence-corrected chi connectivity index (χ0v) is 20.6. The molecule has 1 aliphatic heterocycles. The van der Waals surface area contributed by atoms with Crippen molar-refractivity contribution in [2.75, 3.05) is 24.1 Å². The number of halogens is 2. The van der Waals surface area contributed by atoms with Crippen LogP contribution in [0.2, 0.25) is 0 Å². The van der Waals surface area contributed by atoms with Gasteiger partial charge in [0, 0.05) is 29.9 Å². The van der Waals surface area contributed by atoms with Crippen molar-refractivity contribution >= 4 is 17.3 Å². The fraction of sp³-hybridized carbons (Fsp3) is 0.500. The van der Waals surface area contributed by atoms with E-state index >= 15 is 0 Å². The van der Waals surface area contributed by atoms with Gasteiger partial charge < -0.3 is 16.0 Å². The Morgan fingerprint density at radius 2 is 2.11 bits per heavy atom. The number of nitrogens with two attached hydrogens (primary N) is 1. The van der Waals surface area contributed by atoms with Crippen molar-refractivity contribution in [3.63, 3.8) is 0 Å². The lowest BCUT2D eigenvalue weighted by Gasteiger charge is -2.35. The van der Waals surface area contributed by atoms with E-state index in [-0.39, 0.29) is 17.8 Å². The zero-order chi connectivity index (χ0) is 25.0. The molecule has 0 amide bonds. The van der Waals surface area contributed by atoms with Crippen LogP contribution in [0.5, 0.6) is 0 Å². The van der Waals surface area contributed by atoms with Crippen LogP contribution in [0.25, 0.3) is 16.9 Å². The summed E-state index contributed by atoms with van der Waals surface area (Å²) in [6.45, 7) is 10.4. The van der Waals surface area contributed by atoms with Crippen molar-refractivity contribution < 1.29 is 8.78 Å². The number of pyridine rings is 1. The highest BCUT2D eigenvalue weighted by atomic mass is 19.3. The fourth-order valence-electron chi connectivity index (χ4n) is 4.84. The molecule has 35 heavy (non-hydrogen) atoms. The molecule has 0 aliphatic carbocycles. The number of hydrogen-bond acceptors (Lipinski definition) is 6. The summed E-state index contributed by atoms with van der Waals surface area (Å²) in [7, 11) is 0. The van der Waals surface area contributed by atoms with E-state index in [0.717, 1.165) is 25.1 Å². The van der Waals surface area contributed by atoms with Crippen LogP contribution >= 0.6 is 0 Å². The number of nitrogens with zero attached hydrogens (tertiary/aromatic N) is 5. The number of fused-ring (bicyclic) bond motifs is 1. The molecule has 1 aliphatic rings. The van der Waals surface area contributed by atoms with E-state index in [1.807, 2.05) is 0 Å². The van der Waals surface area contributed by atoms with Gasteiger partial charge in [-0.1, -0.05) is 33.3 Å². The Balaban J connectivity index is 1.46. The van der Waals surface area contributed by atoms with Gasteiger partial charge in [-0.3, -0.25) is 0 Å². The minimum atomic E-state index is -3.04. The molecule has 7 nitrogen and oxygen atoms in total. The predicted octanol–water partition coefficient (Wildman–Crippen LogP) is 5.85. The van der Waals surface area contributed by atoms with E-state index in [1.165, 1.54) is 38.1 Å². The summed E-state index contributed by atoms with van der Waals surface area (Å²) in [6, 6.07) is 5.55. The molecular weight excluding hydrogens is 448 g/mol. The second-order valence-corrected chi connectivity index (χ2v) is 9.30. The third-order valence-corrected chi connectivity index (χ3v) is 6.73. The molecule has 0 radical (unpaired) electrons. The van der Waals surface area contributed by atoms with Crippen LogP contribution < -0.4 is 11.1 Å². The van der Waals surface area contributed by atoms with Crippen molar-refractivity contribution in [1.82, 2.24) is 24.5 Å². The van der Waals surface area contributed by atoms with Gasteiger partial charge in [-0.05, 0) is 57.0 Å². The van der Waals surface area contributed by atoms with Crippen LogP contribution in [0.15, 0.2) is 42.9 Å². The van der Waals surface area contributed by atoms with Crippen molar-refractivity contribution in [3.05, 3.63) is 48.4 Å². The number of alkyl halides is 2. The average molecular weight is 484 g/mol. The molecule has 9 heteroatoms. The fourth-order valence-corrected chi connectivity index (χ4v) is 4.84. The van der Waals surface area contributed by atoms with Gasteiger partial charge in [0.15, 0.2) is 11.5 Å². The Labute approximate surface area is 205 Å². The Hall–Kier alpha value is -3.07. The first kappa shape index (κ1) is 25.0. The number of aromatic nitrogens is 4. The summed E-state index contributed by atoms with van der Waals surface area (Å²) >= 11 is 0. The maximum absolute atomic E-state index is 14.5. The Bertz CT molecular complexity index is 1170. The first-order valence-electron chi connectivity index (χ1n) is 12.5. The van der Waals surface area contributed by atoms with Crippen molar-refractivity contribution in [1.29, 1.82) is 0 Å². The lowest BCUT2D eigenvalue weighted by Crippen LogP contribution is -2.39. The normalized spacial score (nSPS) is 17.1. The van der Waals surface area contributed by atoms with Crippen LogP contribution in [-0.4, -0.2) is 43.6 Å². The Morgan fingerprint density at radius 1 is 1.29 bits per heavy atom. The highest BCUT2D eigenvalue weighted by Gasteiger charge is 2.33. The molecule has 0 saturated carbocycles. The minimum Gasteiger partial charge on any atom is -0.383 e. The van der Waals surface area contributed by atoms with Gasteiger partial charge in [0.05, 0.1) is 17.5 Å². The summed E-state index contributed by atoms with van der Waals surface area (Å²) in [4.78, 5) is 11.1. The Kier molecular flexibility index (Phi) is 7.64. The van der Waals surface area contributed by atoms with Crippen LogP contribution in [0.1, 0.15) is 64.4 Å². The summed E-state index contributed by atoms with van der Waals surface area (Å²) in [5.74, 6) is -2.54. The molecule has 4 rings (SSSR count). The molecule has 1 atom stereocenters. The second kappa shape index (κ2) is 10.7. The molecule has 0 spiro atoms. The monoisotopic (exact) mass is 483 g/mol. The lowest BCUT2D eigenvalue weighted by molar-refractivity contribution is -0.0134. The molecule has 0 bridgehead atoms. The number of anilines is 2. The van der Waals surface area contributed by atoms with E-state index in [1.54, 1.807) is 29.8 Å². The smallest absolute Gasteiger partial charge is 0.276 e. The Morgan fingerprint density at radius 3 is 2.89 bits per heavy atom. The van der Waals surface area contributed by atoms with Gasteiger partial charge in [0.2, 0.25) is 0 Å². The number of imidazole rings is 1. The maximum Gasteiger partial charge on any atom is 0.276 e. The second-order valence-electron chi connectivity index (χ2n) is 9.30. The van der Waals surface area contributed by atoms with Crippen LogP contribution in [-0.2, 0) is 5.92 Å². The number of nitrogens with one attached hydrogen (secondary N) is 1. The molecule has 188 valence electrons. The quantitative estimate of drug-likeness (QED) is 0.377. The highest BCUT2D eigenvalue weighted by molar-refractivity contribution is 5.64. The number of piperidine rings is 1. The molecule has 3 aromatic rings. The molecular formula is C26H35F2N7. The number of allylic oxidation sites excluding steroid dienone is 1. The zero-order valence-electron chi connectivity index (χ0n) is 20.6. The van der Waals surface area contributed by atoms with E-state index in [0.29, 0.717) is 35.2 Å². The summed E-state index contributed by atoms with van der Waals surface area (Å²) in [5.41, 5.74) is 8.06. The SMILES string of the molecule is C=C(CCC1CCCCN1CC)Nc1cn2nc(-c3cnc(N)c(C(F)(F)CCC)c3)ccc2n1. The van der Waals surface area contributed by atoms with Gasteiger partial charge in [0.1, 0.15) is 5.82 Å². The minimum absolute atomic E-state index is 0.156. The van der Waals surface area contributed by atoms with Gasteiger partial charge in [-0.25, -0.2) is 23.3 Å². The number of rotatable bonds is 10. The number of hydrogen-bond donors (Lipinski definition) is 2.